The summed E-state index contributed by atoms with van der Waals surface area (Å²) in [6.45, 7) is 6.57. The number of nitrogens with two attached hydrogens (primary N) is 1. The second-order valence-corrected chi connectivity index (χ2v) is 4.06. The van der Waals surface area contributed by atoms with Gasteiger partial charge in [-0.1, -0.05) is 20.8 Å². The van der Waals surface area contributed by atoms with Crippen LogP contribution in [-0.2, 0) is 4.74 Å². The highest BCUT2D eigenvalue weighted by Gasteiger charge is 2.58. The number of hydrogen-bond acceptors (Lipinski definition) is 2. The fourth-order valence-electron chi connectivity index (χ4n) is 2.00. The van der Waals surface area contributed by atoms with E-state index in [0.717, 1.165) is 6.42 Å². The van der Waals surface area contributed by atoms with Gasteiger partial charge < -0.3 is 10.5 Å². The molecule has 0 aliphatic heterocycles. The van der Waals surface area contributed by atoms with Crippen LogP contribution in [0.25, 0.3) is 0 Å². The van der Waals surface area contributed by atoms with E-state index in [4.69, 9.17) is 10.5 Å². The molecule has 0 spiro atoms. The maximum absolute atomic E-state index is 5.92. The zero-order valence-electron chi connectivity index (χ0n) is 7.92. The van der Waals surface area contributed by atoms with E-state index in [2.05, 4.69) is 20.8 Å². The molecule has 1 unspecified atom stereocenters. The first-order valence-electron chi connectivity index (χ1n) is 4.34. The first kappa shape index (κ1) is 9.01. The van der Waals surface area contributed by atoms with E-state index < -0.39 is 0 Å². The zero-order valence-corrected chi connectivity index (χ0v) is 7.92. The molecule has 0 radical (unpaired) electrons. The monoisotopic (exact) mass is 157 g/mol. The van der Waals surface area contributed by atoms with Crippen molar-refractivity contribution in [1.29, 1.82) is 0 Å². The molecule has 0 aromatic carbocycles. The summed E-state index contributed by atoms with van der Waals surface area (Å²) in [6.07, 6.45) is 1.43. The molecule has 11 heavy (non-hydrogen) atoms. The fraction of sp³-hybridized carbons (Fsp3) is 1.00. The van der Waals surface area contributed by atoms with Gasteiger partial charge in [0.15, 0.2) is 0 Å². The topological polar surface area (TPSA) is 35.2 Å². The SMILES string of the molecule is CCC(OC)[C@H]1[C@H](N)C1(C)C. The molecule has 1 aliphatic rings. The minimum Gasteiger partial charge on any atom is -0.381 e. The lowest BCUT2D eigenvalue weighted by Gasteiger charge is -2.13. The normalized spacial score (nSPS) is 36.8. The maximum Gasteiger partial charge on any atom is 0.0617 e. The van der Waals surface area contributed by atoms with Gasteiger partial charge in [-0.25, -0.2) is 0 Å². The summed E-state index contributed by atoms with van der Waals surface area (Å²) in [4.78, 5) is 0. The van der Waals surface area contributed by atoms with Gasteiger partial charge in [0.25, 0.3) is 0 Å². The summed E-state index contributed by atoms with van der Waals surface area (Å²) < 4.78 is 5.35. The highest BCUT2D eigenvalue weighted by atomic mass is 16.5. The lowest BCUT2D eigenvalue weighted by atomic mass is 10.0. The number of hydrogen-bond donors (Lipinski definition) is 1. The van der Waals surface area contributed by atoms with Crippen LogP contribution in [0.3, 0.4) is 0 Å². The second-order valence-electron chi connectivity index (χ2n) is 4.06. The third-order valence-electron chi connectivity index (χ3n) is 3.10. The minimum absolute atomic E-state index is 0.302. The third-order valence-corrected chi connectivity index (χ3v) is 3.10. The summed E-state index contributed by atoms with van der Waals surface area (Å²) in [7, 11) is 1.77. The molecule has 0 aromatic rings. The van der Waals surface area contributed by atoms with Crippen LogP contribution in [0.15, 0.2) is 0 Å². The van der Waals surface area contributed by atoms with Crippen molar-refractivity contribution in [2.45, 2.75) is 39.3 Å². The molecule has 0 heterocycles. The van der Waals surface area contributed by atoms with E-state index in [1.807, 2.05) is 0 Å². The molecule has 0 aromatic heterocycles. The standard InChI is InChI=1S/C9H19NO/c1-5-6(11-4)7-8(10)9(7,2)3/h6-8H,5,10H2,1-4H3/t6?,7-,8-/m0/s1. The molecule has 0 saturated heterocycles. The molecule has 1 rings (SSSR count). The van der Waals surface area contributed by atoms with Gasteiger partial charge >= 0.3 is 0 Å². The van der Waals surface area contributed by atoms with E-state index in [1.54, 1.807) is 7.11 Å². The highest BCUT2D eigenvalue weighted by Crippen LogP contribution is 2.53. The number of ether oxygens (including phenoxy) is 1. The van der Waals surface area contributed by atoms with Crippen LogP contribution >= 0.6 is 0 Å². The average Bonchev–Trinajstić information content (AvgIpc) is 2.41. The van der Waals surface area contributed by atoms with Gasteiger partial charge in [-0.2, -0.15) is 0 Å². The first-order chi connectivity index (χ1) is 5.05. The van der Waals surface area contributed by atoms with Crippen LogP contribution in [0.2, 0.25) is 0 Å². The lowest BCUT2D eigenvalue weighted by molar-refractivity contribution is 0.0704. The third kappa shape index (κ3) is 1.30. The van der Waals surface area contributed by atoms with E-state index >= 15 is 0 Å². The molecule has 2 heteroatoms. The van der Waals surface area contributed by atoms with Crippen LogP contribution < -0.4 is 5.73 Å². The fourth-order valence-corrected chi connectivity index (χ4v) is 2.00. The highest BCUT2D eigenvalue weighted by molar-refractivity contribution is 5.11. The maximum atomic E-state index is 5.92. The van der Waals surface area contributed by atoms with Gasteiger partial charge in [-0.05, 0) is 11.8 Å². The van der Waals surface area contributed by atoms with Crippen molar-refractivity contribution in [1.82, 2.24) is 0 Å². The van der Waals surface area contributed by atoms with Gasteiger partial charge in [-0.3, -0.25) is 0 Å². The molecule has 0 amide bonds. The lowest BCUT2D eigenvalue weighted by Crippen LogP contribution is -2.17. The molecule has 3 atom stereocenters. The molecule has 2 nitrogen and oxygen atoms in total. The van der Waals surface area contributed by atoms with Crippen molar-refractivity contribution in [2.75, 3.05) is 7.11 Å². The van der Waals surface area contributed by atoms with E-state index in [1.165, 1.54) is 0 Å². The predicted octanol–water partition coefficient (Wildman–Crippen LogP) is 1.39. The second kappa shape index (κ2) is 2.76. The molecule has 2 N–H and O–H groups in total. The van der Waals surface area contributed by atoms with E-state index in [-0.39, 0.29) is 0 Å². The van der Waals surface area contributed by atoms with Crippen molar-refractivity contribution in [2.24, 2.45) is 17.1 Å². The Hall–Kier alpha value is -0.0800. The van der Waals surface area contributed by atoms with Crippen molar-refractivity contribution in [3.8, 4) is 0 Å². The summed E-state index contributed by atoms with van der Waals surface area (Å²) >= 11 is 0. The smallest absolute Gasteiger partial charge is 0.0617 e. The number of methoxy groups -OCH3 is 1. The quantitative estimate of drug-likeness (QED) is 0.672. The molecular weight excluding hydrogens is 138 g/mol. The Balaban J connectivity index is 2.51. The van der Waals surface area contributed by atoms with Gasteiger partial charge in [0.2, 0.25) is 0 Å². The van der Waals surface area contributed by atoms with Gasteiger partial charge in [0.1, 0.15) is 0 Å². The van der Waals surface area contributed by atoms with Gasteiger partial charge in [0.05, 0.1) is 6.10 Å². The molecule has 1 aliphatic carbocycles. The van der Waals surface area contributed by atoms with Crippen molar-refractivity contribution >= 4 is 0 Å². The summed E-state index contributed by atoms with van der Waals surface area (Å²) in [5, 5.41) is 0. The molecule has 1 fully saturated rings. The minimum atomic E-state index is 0.302. The Labute approximate surface area is 69.1 Å². The largest absolute Gasteiger partial charge is 0.381 e. The van der Waals surface area contributed by atoms with Gasteiger partial charge in [0, 0.05) is 19.1 Å². The van der Waals surface area contributed by atoms with E-state index in [9.17, 15) is 0 Å². The summed E-state index contributed by atoms with van der Waals surface area (Å²) in [5.74, 6) is 0.567. The van der Waals surface area contributed by atoms with Crippen LogP contribution in [0.4, 0.5) is 0 Å². The van der Waals surface area contributed by atoms with Crippen molar-refractivity contribution in [3.05, 3.63) is 0 Å². The average molecular weight is 157 g/mol. The van der Waals surface area contributed by atoms with E-state index in [0.29, 0.717) is 23.5 Å². The van der Waals surface area contributed by atoms with Crippen LogP contribution in [0.5, 0.6) is 0 Å². The number of rotatable bonds is 3. The Kier molecular flexibility index (Phi) is 2.26. The van der Waals surface area contributed by atoms with Crippen molar-refractivity contribution in [3.63, 3.8) is 0 Å². The van der Waals surface area contributed by atoms with Crippen LogP contribution in [0.1, 0.15) is 27.2 Å². The Morgan fingerprint density at radius 2 is 2.00 bits per heavy atom. The van der Waals surface area contributed by atoms with Crippen LogP contribution in [-0.4, -0.2) is 19.3 Å². The Morgan fingerprint density at radius 1 is 1.55 bits per heavy atom. The summed E-state index contributed by atoms with van der Waals surface area (Å²) in [6, 6.07) is 0.340. The van der Waals surface area contributed by atoms with Crippen molar-refractivity contribution < 1.29 is 4.74 Å². The Bertz CT molecular complexity index is 140. The molecule has 1 saturated carbocycles. The molecular formula is C9H19NO. The zero-order chi connectivity index (χ0) is 8.65. The van der Waals surface area contributed by atoms with Gasteiger partial charge in [-0.15, -0.1) is 0 Å². The molecule has 66 valence electrons. The summed E-state index contributed by atoms with van der Waals surface area (Å²) in [5.41, 5.74) is 6.22. The molecule has 0 bridgehead atoms. The Morgan fingerprint density at radius 3 is 2.09 bits per heavy atom. The first-order valence-corrected chi connectivity index (χ1v) is 4.34. The predicted molar refractivity (Wildman–Crippen MR) is 46.3 cm³/mol. The van der Waals surface area contributed by atoms with Crippen LogP contribution in [0, 0.1) is 11.3 Å².